The Morgan fingerprint density at radius 2 is 2.24 bits per heavy atom. The van der Waals surface area contributed by atoms with E-state index in [0.29, 0.717) is 12.3 Å². The summed E-state index contributed by atoms with van der Waals surface area (Å²) in [6.45, 7) is 3.40. The highest BCUT2D eigenvalue weighted by molar-refractivity contribution is 5.21. The number of aryl methyl sites for hydroxylation is 1. The molecular weight excluding hydrogens is 214 g/mol. The third-order valence-electron chi connectivity index (χ3n) is 2.53. The van der Waals surface area contributed by atoms with Gasteiger partial charge in [0.05, 0.1) is 6.54 Å². The highest BCUT2D eigenvalue weighted by Crippen LogP contribution is 2.07. The predicted octanol–water partition coefficient (Wildman–Crippen LogP) is 2.14. The first-order valence-corrected chi connectivity index (χ1v) is 5.38. The lowest BCUT2D eigenvalue weighted by atomic mass is 10.1. The van der Waals surface area contributed by atoms with Gasteiger partial charge in [-0.1, -0.05) is 0 Å². The van der Waals surface area contributed by atoms with E-state index in [2.05, 4.69) is 17.2 Å². The van der Waals surface area contributed by atoms with Crippen LogP contribution in [-0.2, 0) is 13.1 Å². The maximum Gasteiger partial charge on any atom is 0.203 e. The van der Waals surface area contributed by atoms with E-state index in [0.717, 1.165) is 12.3 Å². The zero-order chi connectivity index (χ0) is 12.1. The summed E-state index contributed by atoms with van der Waals surface area (Å²) < 4.78 is 5.26. The molecule has 0 aliphatic carbocycles. The number of aromatic nitrogens is 1. The molecule has 2 aromatic heterocycles. The van der Waals surface area contributed by atoms with Gasteiger partial charge in [-0.2, -0.15) is 5.26 Å². The van der Waals surface area contributed by atoms with E-state index in [1.54, 1.807) is 12.3 Å². The van der Waals surface area contributed by atoms with Crippen molar-refractivity contribution >= 4 is 0 Å². The van der Waals surface area contributed by atoms with Crippen LogP contribution in [0.3, 0.4) is 0 Å². The van der Waals surface area contributed by atoms with E-state index in [1.165, 1.54) is 11.1 Å². The summed E-state index contributed by atoms with van der Waals surface area (Å²) in [6.07, 6.45) is 3.63. The standard InChI is InChI=1S/C13H13N3O/c1-10-4-5-15-7-11(10)8-16-9-13-3-2-12(6-14)17-13/h2-5,7,16H,8-9H2,1H3. The van der Waals surface area contributed by atoms with Gasteiger partial charge in [0, 0.05) is 18.9 Å². The van der Waals surface area contributed by atoms with Crippen molar-refractivity contribution in [2.45, 2.75) is 20.0 Å². The molecule has 0 aliphatic heterocycles. The van der Waals surface area contributed by atoms with E-state index in [9.17, 15) is 0 Å². The Morgan fingerprint density at radius 1 is 1.35 bits per heavy atom. The van der Waals surface area contributed by atoms with Gasteiger partial charge in [0.2, 0.25) is 5.76 Å². The smallest absolute Gasteiger partial charge is 0.203 e. The molecule has 1 N–H and O–H groups in total. The number of nitriles is 1. The Kier molecular flexibility index (Phi) is 3.53. The van der Waals surface area contributed by atoms with Crippen molar-refractivity contribution in [3.8, 4) is 6.07 Å². The van der Waals surface area contributed by atoms with Crippen molar-refractivity contribution in [1.82, 2.24) is 10.3 Å². The molecule has 4 nitrogen and oxygen atoms in total. The van der Waals surface area contributed by atoms with Crippen LogP contribution >= 0.6 is 0 Å². The van der Waals surface area contributed by atoms with Crippen LogP contribution < -0.4 is 5.32 Å². The topological polar surface area (TPSA) is 61.9 Å². The second kappa shape index (κ2) is 5.28. The molecule has 2 heterocycles. The van der Waals surface area contributed by atoms with Gasteiger partial charge in [-0.25, -0.2) is 0 Å². The largest absolute Gasteiger partial charge is 0.449 e. The molecule has 0 aromatic carbocycles. The molecule has 0 bridgehead atoms. The summed E-state index contributed by atoms with van der Waals surface area (Å²) in [5, 5.41) is 11.9. The Bertz CT molecular complexity index is 540. The lowest BCUT2D eigenvalue weighted by Crippen LogP contribution is -2.13. The van der Waals surface area contributed by atoms with Crippen molar-refractivity contribution < 1.29 is 4.42 Å². The van der Waals surface area contributed by atoms with Gasteiger partial charge in [0.25, 0.3) is 0 Å². The molecule has 0 amide bonds. The van der Waals surface area contributed by atoms with Gasteiger partial charge in [-0.15, -0.1) is 0 Å². The van der Waals surface area contributed by atoms with Gasteiger partial charge in [0.1, 0.15) is 11.8 Å². The summed E-state index contributed by atoms with van der Waals surface area (Å²) in [4.78, 5) is 4.08. The van der Waals surface area contributed by atoms with Crippen LogP contribution in [-0.4, -0.2) is 4.98 Å². The van der Waals surface area contributed by atoms with Crippen LogP contribution in [0, 0.1) is 18.3 Å². The third-order valence-corrected chi connectivity index (χ3v) is 2.53. The third kappa shape index (κ3) is 2.92. The fraction of sp³-hybridized carbons (Fsp3) is 0.231. The summed E-state index contributed by atoms with van der Waals surface area (Å²) in [5.41, 5.74) is 2.38. The molecule has 0 spiro atoms. The van der Waals surface area contributed by atoms with E-state index < -0.39 is 0 Å². The number of nitrogens with one attached hydrogen (secondary N) is 1. The molecule has 4 heteroatoms. The molecule has 0 radical (unpaired) electrons. The Balaban J connectivity index is 1.88. The van der Waals surface area contributed by atoms with Crippen LogP contribution in [0.25, 0.3) is 0 Å². The predicted molar refractivity (Wildman–Crippen MR) is 62.9 cm³/mol. The SMILES string of the molecule is Cc1ccncc1CNCc1ccc(C#N)o1. The highest BCUT2D eigenvalue weighted by Gasteiger charge is 2.01. The van der Waals surface area contributed by atoms with Crippen molar-refractivity contribution in [1.29, 1.82) is 5.26 Å². The van der Waals surface area contributed by atoms with E-state index in [-0.39, 0.29) is 0 Å². The number of nitrogens with zero attached hydrogens (tertiary/aromatic N) is 2. The van der Waals surface area contributed by atoms with Crippen molar-refractivity contribution in [2.75, 3.05) is 0 Å². The quantitative estimate of drug-likeness (QED) is 0.869. The van der Waals surface area contributed by atoms with Crippen molar-refractivity contribution in [2.24, 2.45) is 0 Å². The van der Waals surface area contributed by atoms with Crippen LogP contribution in [0.1, 0.15) is 22.6 Å². The van der Waals surface area contributed by atoms with Crippen LogP contribution in [0.4, 0.5) is 0 Å². The highest BCUT2D eigenvalue weighted by atomic mass is 16.3. The minimum Gasteiger partial charge on any atom is -0.449 e. The Labute approximate surface area is 99.9 Å². The number of hydrogen-bond donors (Lipinski definition) is 1. The summed E-state index contributed by atoms with van der Waals surface area (Å²) in [5.74, 6) is 1.11. The molecule has 0 saturated heterocycles. The second-order valence-electron chi connectivity index (χ2n) is 3.78. The molecule has 0 atom stereocenters. The second-order valence-corrected chi connectivity index (χ2v) is 3.78. The Morgan fingerprint density at radius 3 is 2.94 bits per heavy atom. The fourth-order valence-electron chi connectivity index (χ4n) is 1.54. The maximum absolute atomic E-state index is 8.62. The first kappa shape index (κ1) is 11.4. The number of pyridine rings is 1. The molecule has 17 heavy (non-hydrogen) atoms. The van der Waals surface area contributed by atoms with Gasteiger partial charge in [-0.3, -0.25) is 4.98 Å². The molecule has 2 aromatic rings. The van der Waals surface area contributed by atoms with Gasteiger partial charge in [-0.05, 0) is 36.2 Å². The molecule has 2 rings (SSSR count). The van der Waals surface area contributed by atoms with E-state index in [1.807, 2.05) is 24.4 Å². The van der Waals surface area contributed by atoms with E-state index >= 15 is 0 Å². The summed E-state index contributed by atoms with van der Waals surface area (Å²) in [6, 6.07) is 7.42. The zero-order valence-electron chi connectivity index (χ0n) is 9.60. The fourth-order valence-corrected chi connectivity index (χ4v) is 1.54. The normalized spacial score (nSPS) is 10.1. The summed E-state index contributed by atoms with van der Waals surface area (Å²) >= 11 is 0. The minimum atomic E-state index is 0.347. The molecular formula is C13H13N3O. The minimum absolute atomic E-state index is 0.347. The van der Waals surface area contributed by atoms with Crippen molar-refractivity contribution in [3.05, 3.63) is 53.2 Å². The van der Waals surface area contributed by atoms with Gasteiger partial charge in [0.15, 0.2) is 0 Å². The molecule has 0 saturated carbocycles. The maximum atomic E-state index is 8.62. The van der Waals surface area contributed by atoms with Crippen molar-refractivity contribution in [3.63, 3.8) is 0 Å². The first-order chi connectivity index (χ1) is 8.29. The lowest BCUT2D eigenvalue weighted by molar-refractivity contribution is 0.473. The average Bonchev–Trinajstić information content (AvgIpc) is 2.80. The number of furan rings is 1. The summed E-state index contributed by atoms with van der Waals surface area (Å²) in [7, 11) is 0. The molecule has 0 fully saturated rings. The molecule has 86 valence electrons. The monoisotopic (exact) mass is 227 g/mol. The first-order valence-electron chi connectivity index (χ1n) is 5.38. The number of hydrogen-bond acceptors (Lipinski definition) is 4. The molecule has 0 aliphatic rings. The lowest BCUT2D eigenvalue weighted by Gasteiger charge is -2.05. The average molecular weight is 227 g/mol. The Hall–Kier alpha value is -2.12. The zero-order valence-corrected chi connectivity index (χ0v) is 9.60. The van der Waals surface area contributed by atoms with Gasteiger partial charge < -0.3 is 9.73 Å². The van der Waals surface area contributed by atoms with Gasteiger partial charge >= 0.3 is 0 Å². The van der Waals surface area contributed by atoms with Crippen LogP contribution in [0.2, 0.25) is 0 Å². The molecule has 0 unspecified atom stereocenters. The number of rotatable bonds is 4. The van der Waals surface area contributed by atoms with Crippen LogP contribution in [0.15, 0.2) is 35.0 Å². The van der Waals surface area contributed by atoms with Crippen LogP contribution in [0.5, 0.6) is 0 Å². The van der Waals surface area contributed by atoms with E-state index in [4.69, 9.17) is 9.68 Å².